The first-order chi connectivity index (χ1) is 9.49. The molecule has 0 bridgehead atoms. The second-order valence-corrected chi connectivity index (χ2v) is 5.52. The summed E-state index contributed by atoms with van der Waals surface area (Å²) < 4.78 is 26.1. The molecule has 2 aromatic rings. The van der Waals surface area contributed by atoms with E-state index in [9.17, 15) is 8.78 Å². The van der Waals surface area contributed by atoms with Crippen molar-refractivity contribution in [2.45, 2.75) is 29.7 Å². The molecule has 20 heavy (non-hydrogen) atoms. The van der Waals surface area contributed by atoms with E-state index < -0.39 is 11.6 Å². The Hall–Kier alpha value is -1.73. The quantitative estimate of drug-likeness (QED) is 0.515. The highest BCUT2D eigenvalue weighted by atomic mass is 32.2. The van der Waals surface area contributed by atoms with E-state index in [1.807, 2.05) is 13.8 Å². The second kappa shape index (κ2) is 6.15. The molecule has 106 valence electrons. The molecule has 0 saturated heterocycles. The third kappa shape index (κ3) is 3.43. The number of hydrogen-bond acceptors (Lipinski definition) is 5. The Morgan fingerprint density at radius 2 is 1.90 bits per heavy atom. The van der Waals surface area contributed by atoms with E-state index in [2.05, 4.69) is 15.4 Å². The Morgan fingerprint density at radius 3 is 2.50 bits per heavy atom. The SMILES string of the molecule is CC(C)c1nc(NN)cc(Sc2ccc(F)c(F)c2)n1. The maximum atomic E-state index is 13.2. The molecule has 0 saturated carbocycles. The number of nitrogens with zero attached hydrogens (tertiary/aromatic N) is 2. The number of anilines is 1. The molecule has 0 unspecified atom stereocenters. The fourth-order valence-electron chi connectivity index (χ4n) is 1.49. The van der Waals surface area contributed by atoms with Crippen molar-refractivity contribution in [1.29, 1.82) is 0 Å². The van der Waals surface area contributed by atoms with Crippen molar-refractivity contribution in [1.82, 2.24) is 9.97 Å². The average molecular weight is 296 g/mol. The van der Waals surface area contributed by atoms with Crippen molar-refractivity contribution < 1.29 is 8.78 Å². The van der Waals surface area contributed by atoms with Gasteiger partial charge in [0.2, 0.25) is 0 Å². The molecule has 1 aromatic carbocycles. The van der Waals surface area contributed by atoms with E-state index in [-0.39, 0.29) is 5.92 Å². The van der Waals surface area contributed by atoms with Crippen molar-refractivity contribution in [3.05, 3.63) is 41.7 Å². The van der Waals surface area contributed by atoms with Gasteiger partial charge in [-0.25, -0.2) is 24.6 Å². The highest BCUT2D eigenvalue weighted by molar-refractivity contribution is 7.99. The van der Waals surface area contributed by atoms with Crippen LogP contribution in [0.15, 0.2) is 34.2 Å². The number of nitrogens with two attached hydrogens (primary N) is 1. The van der Waals surface area contributed by atoms with E-state index in [1.165, 1.54) is 17.8 Å². The minimum atomic E-state index is -0.884. The molecule has 1 aromatic heterocycles. The number of halogens is 2. The number of hydrazine groups is 1. The number of rotatable bonds is 4. The normalized spacial score (nSPS) is 10.9. The van der Waals surface area contributed by atoms with Crippen LogP contribution in [0, 0.1) is 11.6 Å². The first-order valence-electron chi connectivity index (χ1n) is 5.98. The zero-order valence-corrected chi connectivity index (χ0v) is 11.8. The summed E-state index contributed by atoms with van der Waals surface area (Å²) in [6.07, 6.45) is 0. The first kappa shape index (κ1) is 14.7. The summed E-state index contributed by atoms with van der Waals surface area (Å²) in [5.74, 6) is 4.85. The van der Waals surface area contributed by atoms with Gasteiger partial charge in [-0.1, -0.05) is 25.6 Å². The van der Waals surface area contributed by atoms with Crippen LogP contribution in [0.1, 0.15) is 25.6 Å². The molecule has 0 fully saturated rings. The van der Waals surface area contributed by atoms with Crippen LogP contribution in [0.4, 0.5) is 14.6 Å². The van der Waals surface area contributed by atoms with E-state index >= 15 is 0 Å². The monoisotopic (exact) mass is 296 g/mol. The smallest absolute Gasteiger partial charge is 0.159 e. The van der Waals surface area contributed by atoms with Gasteiger partial charge in [0.05, 0.1) is 0 Å². The molecular weight excluding hydrogens is 282 g/mol. The summed E-state index contributed by atoms with van der Waals surface area (Å²) >= 11 is 1.22. The Kier molecular flexibility index (Phi) is 4.51. The van der Waals surface area contributed by atoms with Gasteiger partial charge >= 0.3 is 0 Å². The van der Waals surface area contributed by atoms with Crippen molar-refractivity contribution in [2.75, 3.05) is 5.43 Å². The van der Waals surface area contributed by atoms with E-state index in [1.54, 1.807) is 6.07 Å². The van der Waals surface area contributed by atoms with E-state index in [0.717, 1.165) is 12.1 Å². The lowest BCUT2D eigenvalue weighted by Crippen LogP contribution is -2.11. The van der Waals surface area contributed by atoms with Gasteiger partial charge < -0.3 is 5.43 Å². The minimum absolute atomic E-state index is 0.132. The number of hydrogen-bond donors (Lipinski definition) is 2. The number of nitrogen functional groups attached to an aromatic ring is 1. The van der Waals surface area contributed by atoms with Gasteiger partial charge in [-0.15, -0.1) is 0 Å². The molecule has 0 spiro atoms. The van der Waals surface area contributed by atoms with Gasteiger partial charge in [0, 0.05) is 16.9 Å². The van der Waals surface area contributed by atoms with Crippen LogP contribution in [-0.4, -0.2) is 9.97 Å². The van der Waals surface area contributed by atoms with Crippen LogP contribution < -0.4 is 11.3 Å². The molecule has 1 heterocycles. The summed E-state index contributed by atoms with van der Waals surface area (Å²) in [6, 6.07) is 5.37. The number of aromatic nitrogens is 2. The first-order valence-corrected chi connectivity index (χ1v) is 6.79. The number of nitrogens with one attached hydrogen (secondary N) is 1. The number of benzene rings is 1. The van der Waals surface area contributed by atoms with Crippen LogP contribution in [0.5, 0.6) is 0 Å². The highest BCUT2D eigenvalue weighted by Crippen LogP contribution is 2.29. The third-order valence-corrected chi connectivity index (χ3v) is 3.41. The molecule has 7 heteroatoms. The van der Waals surface area contributed by atoms with Crippen molar-refractivity contribution in [3.8, 4) is 0 Å². The maximum Gasteiger partial charge on any atom is 0.159 e. The molecule has 0 amide bonds. The largest absolute Gasteiger partial charge is 0.308 e. The van der Waals surface area contributed by atoms with Gasteiger partial charge in [-0.3, -0.25) is 0 Å². The van der Waals surface area contributed by atoms with E-state index in [0.29, 0.717) is 21.6 Å². The lowest BCUT2D eigenvalue weighted by molar-refractivity contribution is 0.506. The molecule has 2 rings (SSSR count). The van der Waals surface area contributed by atoms with Crippen LogP contribution in [0.2, 0.25) is 0 Å². The summed E-state index contributed by atoms with van der Waals surface area (Å²) in [6.45, 7) is 3.92. The molecule has 3 N–H and O–H groups in total. The molecule has 0 aliphatic rings. The molecule has 0 radical (unpaired) electrons. The van der Waals surface area contributed by atoms with Gasteiger partial charge in [-0.2, -0.15) is 0 Å². The molecule has 0 aliphatic carbocycles. The lowest BCUT2D eigenvalue weighted by atomic mass is 10.2. The van der Waals surface area contributed by atoms with Gasteiger partial charge in [0.1, 0.15) is 16.7 Å². The summed E-state index contributed by atoms with van der Waals surface area (Å²) in [5, 5.41) is 0.614. The zero-order valence-electron chi connectivity index (χ0n) is 11.0. The van der Waals surface area contributed by atoms with Crippen LogP contribution in [0.25, 0.3) is 0 Å². The highest BCUT2D eigenvalue weighted by Gasteiger charge is 2.10. The van der Waals surface area contributed by atoms with E-state index in [4.69, 9.17) is 5.84 Å². The minimum Gasteiger partial charge on any atom is -0.308 e. The summed E-state index contributed by atoms with van der Waals surface area (Å²) in [5.41, 5.74) is 2.47. The Morgan fingerprint density at radius 1 is 1.15 bits per heavy atom. The van der Waals surface area contributed by atoms with Crippen LogP contribution in [-0.2, 0) is 0 Å². The summed E-state index contributed by atoms with van der Waals surface area (Å²) in [4.78, 5) is 9.15. The predicted molar refractivity (Wildman–Crippen MR) is 74.4 cm³/mol. The summed E-state index contributed by atoms with van der Waals surface area (Å²) in [7, 11) is 0. The van der Waals surface area contributed by atoms with Crippen LogP contribution >= 0.6 is 11.8 Å². The van der Waals surface area contributed by atoms with Crippen LogP contribution in [0.3, 0.4) is 0 Å². The average Bonchev–Trinajstić information content (AvgIpc) is 2.42. The fraction of sp³-hybridized carbons (Fsp3) is 0.231. The fourth-order valence-corrected chi connectivity index (χ4v) is 2.34. The molecular formula is C13H14F2N4S. The predicted octanol–water partition coefficient (Wildman–Crippen LogP) is 3.32. The van der Waals surface area contributed by atoms with Gasteiger partial charge in [0.15, 0.2) is 11.6 Å². The Balaban J connectivity index is 2.32. The zero-order chi connectivity index (χ0) is 14.7. The Bertz CT molecular complexity index is 619. The molecule has 0 aliphatic heterocycles. The topological polar surface area (TPSA) is 63.8 Å². The van der Waals surface area contributed by atoms with Gasteiger partial charge in [-0.05, 0) is 18.2 Å². The standard InChI is InChI=1S/C13H14F2N4S/c1-7(2)13-17-11(19-16)6-12(18-13)20-8-3-4-9(14)10(15)5-8/h3-7H,16H2,1-2H3,(H,17,18,19). The van der Waals surface area contributed by atoms with Gasteiger partial charge in [0.25, 0.3) is 0 Å². The second-order valence-electron chi connectivity index (χ2n) is 4.43. The molecule has 4 nitrogen and oxygen atoms in total. The van der Waals surface area contributed by atoms with Crippen molar-refractivity contribution >= 4 is 17.6 Å². The molecule has 0 atom stereocenters. The lowest BCUT2D eigenvalue weighted by Gasteiger charge is -2.09. The third-order valence-electron chi connectivity index (χ3n) is 2.50. The Labute approximate surface area is 119 Å². The van der Waals surface area contributed by atoms with Crippen molar-refractivity contribution in [3.63, 3.8) is 0 Å². The van der Waals surface area contributed by atoms with Crippen molar-refractivity contribution in [2.24, 2.45) is 5.84 Å². The maximum absolute atomic E-state index is 13.2.